The molecular formula is C12H16NO. The lowest BCUT2D eigenvalue weighted by Gasteiger charge is -2.26. The zero-order valence-electron chi connectivity index (χ0n) is 8.41. The summed E-state index contributed by atoms with van der Waals surface area (Å²) in [5.74, 6) is 0. The highest BCUT2D eigenvalue weighted by Crippen LogP contribution is 2.02. The zero-order chi connectivity index (χ0) is 9.64. The zero-order valence-corrected chi connectivity index (χ0v) is 8.41. The molecule has 0 aliphatic carbocycles. The second kappa shape index (κ2) is 5.13. The maximum atomic E-state index is 5.30. The third kappa shape index (κ3) is 2.82. The number of hydrogen-bond acceptors (Lipinski definition) is 2. The monoisotopic (exact) mass is 190 g/mol. The summed E-state index contributed by atoms with van der Waals surface area (Å²) in [6.45, 7) is 5.08. The van der Waals surface area contributed by atoms with Gasteiger partial charge >= 0.3 is 0 Å². The first-order valence-electron chi connectivity index (χ1n) is 5.20. The molecule has 2 heteroatoms. The van der Waals surface area contributed by atoms with Crippen molar-refractivity contribution in [1.29, 1.82) is 0 Å². The van der Waals surface area contributed by atoms with Crippen LogP contribution in [0.15, 0.2) is 24.3 Å². The molecule has 0 N–H and O–H groups in total. The summed E-state index contributed by atoms with van der Waals surface area (Å²) in [6, 6.07) is 11.3. The molecule has 2 rings (SSSR count). The molecule has 0 aromatic heterocycles. The molecule has 0 saturated carbocycles. The lowest BCUT2D eigenvalue weighted by molar-refractivity contribution is 0.0384. The van der Waals surface area contributed by atoms with Crippen LogP contribution in [0, 0.1) is 6.07 Å². The molecule has 1 aromatic carbocycles. The molecule has 0 unspecified atom stereocenters. The van der Waals surface area contributed by atoms with E-state index < -0.39 is 0 Å². The van der Waals surface area contributed by atoms with Crippen LogP contribution in [-0.2, 0) is 11.2 Å². The molecule has 1 aliphatic rings. The van der Waals surface area contributed by atoms with E-state index in [9.17, 15) is 0 Å². The molecule has 1 aliphatic heterocycles. The summed E-state index contributed by atoms with van der Waals surface area (Å²) in [5.41, 5.74) is 1.37. The summed E-state index contributed by atoms with van der Waals surface area (Å²) in [4.78, 5) is 2.45. The Kier molecular flexibility index (Phi) is 3.55. The van der Waals surface area contributed by atoms with Crippen LogP contribution in [0.5, 0.6) is 0 Å². The molecule has 1 heterocycles. The van der Waals surface area contributed by atoms with Gasteiger partial charge in [0.05, 0.1) is 13.2 Å². The summed E-state index contributed by atoms with van der Waals surface area (Å²) in [7, 11) is 0. The Morgan fingerprint density at radius 3 is 2.93 bits per heavy atom. The lowest BCUT2D eigenvalue weighted by atomic mass is 10.1. The van der Waals surface area contributed by atoms with Gasteiger partial charge in [0.1, 0.15) is 0 Å². The number of ether oxygens (including phenoxy) is 1. The standard InChI is InChI=1S/C12H16NO/c1-2-4-12(5-3-1)6-7-13-8-10-14-11-9-13/h1-2,4-5H,6-11H2. The topological polar surface area (TPSA) is 12.5 Å². The number of benzene rings is 1. The third-order valence-electron chi connectivity index (χ3n) is 2.59. The molecule has 1 aromatic rings. The average molecular weight is 190 g/mol. The van der Waals surface area contributed by atoms with Crippen LogP contribution < -0.4 is 0 Å². The molecule has 14 heavy (non-hydrogen) atoms. The van der Waals surface area contributed by atoms with Gasteiger partial charge in [-0.05, 0) is 18.1 Å². The van der Waals surface area contributed by atoms with Gasteiger partial charge in [-0.2, -0.15) is 0 Å². The first kappa shape index (κ1) is 9.69. The first-order valence-corrected chi connectivity index (χ1v) is 5.20. The fourth-order valence-corrected chi connectivity index (χ4v) is 1.70. The number of rotatable bonds is 3. The molecule has 1 saturated heterocycles. The minimum atomic E-state index is 0.890. The maximum Gasteiger partial charge on any atom is 0.0594 e. The predicted molar refractivity (Wildman–Crippen MR) is 56.2 cm³/mol. The van der Waals surface area contributed by atoms with Crippen molar-refractivity contribution in [3.63, 3.8) is 0 Å². The predicted octanol–water partition coefficient (Wildman–Crippen LogP) is 1.36. The fraction of sp³-hybridized carbons (Fsp3) is 0.500. The second-order valence-corrected chi connectivity index (χ2v) is 3.62. The molecule has 1 radical (unpaired) electrons. The molecule has 75 valence electrons. The Morgan fingerprint density at radius 1 is 1.36 bits per heavy atom. The summed E-state index contributed by atoms with van der Waals surface area (Å²) in [6.07, 6.45) is 1.12. The molecular weight excluding hydrogens is 174 g/mol. The van der Waals surface area contributed by atoms with E-state index in [1.54, 1.807) is 0 Å². The van der Waals surface area contributed by atoms with Gasteiger partial charge in [0.2, 0.25) is 0 Å². The van der Waals surface area contributed by atoms with Crippen molar-refractivity contribution in [3.8, 4) is 0 Å². The van der Waals surface area contributed by atoms with Gasteiger partial charge in [-0.15, -0.1) is 0 Å². The summed E-state index contributed by atoms with van der Waals surface area (Å²) < 4.78 is 5.30. The van der Waals surface area contributed by atoms with Gasteiger partial charge < -0.3 is 4.74 Å². The highest BCUT2D eigenvalue weighted by Gasteiger charge is 2.09. The molecule has 2 nitrogen and oxygen atoms in total. The second-order valence-electron chi connectivity index (χ2n) is 3.62. The minimum absolute atomic E-state index is 0.890. The molecule has 0 amide bonds. The van der Waals surface area contributed by atoms with Gasteiger partial charge in [0.25, 0.3) is 0 Å². The van der Waals surface area contributed by atoms with Gasteiger partial charge in [-0.1, -0.05) is 24.3 Å². The van der Waals surface area contributed by atoms with E-state index in [0.29, 0.717) is 0 Å². The van der Waals surface area contributed by atoms with Gasteiger partial charge in [0, 0.05) is 19.6 Å². The molecule has 0 spiro atoms. The van der Waals surface area contributed by atoms with Crippen molar-refractivity contribution in [1.82, 2.24) is 4.90 Å². The van der Waals surface area contributed by atoms with Gasteiger partial charge in [0.15, 0.2) is 0 Å². The summed E-state index contributed by atoms with van der Waals surface area (Å²) in [5, 5.41) is 0. The third-order valence-corrected chi connectivity index (χ3v) is 2.59. The van der Waals surface area contributed by atoms with Crippen LogP contribution in [0.2, 0.25) is 0 Å². The van der Waals surface area contributed by atoms with Crippen molar-refractivity contribution < 1.29 is 4.74 Å². The van der Waals surface area contributed by atoms with Crippen LogP contribution in [0.1, 0.15) is 5.56 Å². The van der Waals surface area contributed by atoms with Crippen LogP contribution in [0.25, 0.3) is 0 Å². The van der Waals surface area contributed by atoms with Crippen LogP contribution in [0.3, 0.4) is 0 Å². The SMILES string of the molecule is [c]1cccc(CCN2CCOCC2)c1. The fourth-order valence-electron chi connectivity index (χ4n) is 1.70. The quantitative estimate of drug-likeness (QED) is 0.713. The van der Waals surface area contributed by atoms with E-state index in [1.807, 2.05) is 6.07 Å². The van der Waals surface area contributed by atoms with Crippen LogP contribution in [-0.4, -0.2) is 37.7 Å². The maximum absolute atomic E-state index is 5.30. The molecule has 0 bridgehead atoms. The van der Waals surface area contributed by atoms with Crippen molar-refractivity contribution in [3.05, 3.63) is 35.9 Å². The smallest absolute Gasteiger partial charge is 0.0594 e. The first-order chi connectivity index (χ1) is 6.95. The van der Waals surface area contributed by atoms with E-state index in [-0.39, 0.29) is 0 Å². The lowest BCUT2D eigenvalue weighted by Crippen LogP contribution is -2.37. The highest BCUT2D eigenvalue weighted by atomic mass is 16.5. The number of hydrogen-bond donors (Lipinski definition) is 0. The minimum Gasteiger partial charge on any atom is -0.379 e. The Bertz CT molecular complexity index is 254. The van der Waals surface area contributed by atoms with Crippen molar-refractivity contribution in [2.45, 2.75) is 6.42 Å². The highest BCUT2D eigenvalue weighted by molar-refractivity contribution is 5.13. The summed E-state index contributed by atoms with van der Waals surface area (Å²) >= 11 is 0. The van der Waals surface area contributed by atoms with Gasteiger partial charge in [-0.3, -0.25) is 4.90 Å². The normalized spacial score (nSPS) is 18.3. The molecule has 1 fully saturated rings. The van der Waals surface area contributed by atoms with Crippen molar-refractivity contribution in [2.75, 3.05) is 32.8 Å². The van der Waals surface area contributed by atoms with Crippen LogP contribution >= 0.6 is 0 Å². The van der Waals surface area contributed by atoms with E-state index in [4.69, 9.17) is 4.74 Å². The Balaban J connectivity index is 1.76. The Labute approximate surface area is 85.5 Å². The Morgan fingerprint density at radius 2 is 2.21 bits per heavy atom. The Hall–Kier alpha value is -0.860. The van der Waals surface area contributed by atoms with E-state index in [2.05, 4.69) is 29.2 Å². The molecule has 0 atom stereocenters. The average Bonchev–Trinajstić information content (AvgIpc) is 2.29. The van der Waals surface area contributed by atoms with Crippen molar-refractivity contribution >= 4 is 0 Å². The van der Waals surface area contributed by atoms with E-state index in [1.165, 1.54) is 5.56 Å². The van der Waals surface area contributed by atoms with E-state index in [0.717, 1.165) is 39.3 Å². The van der Waals surface area contributed by atoms with Gasteiger partial charge in [-0.25, -0.2) is 0 Å². The van der Waals surface area contributed by atoms with E-state index >= 15 is 0 Å². The largest absolute Gasteiger partial charge is 0.379 e. The van der Waals surface area contributed by atoms with Crippen molar-refractivity contribution in [2.24, 2.45) is 0 Å². The number of morpholine rings is 1. The van der Waals surface area contributed by atoms with Crippen LogP contribution in [0.4, 0.5) is 0 Å². The number of nitrogens with zero attached hydrogens (tertiary/aromatic N) is 1.